The van der Waals surface area contributed by atoms with Crippen LogP contribution < -0.4 is 5.32 Å². The number of nitrogens with zero attached hydrogens (tertiary/aromatic N) is 1. The molecule has 4 heteroatoms. The molecule has 1 aliphatic carbocycles. The first kappa shape index (κ1) is 15.5. The number of carbonyl (C=O) groups is 2. The second-order valence-corrected chi connectivity index (χ2v) is 5.70. The minimum atomic E-state index is -0.0837. The van der Waals surface area contributed by atoms with Crippen LogP contribution in [0.25, 0.3) is 0 Å². The molecule has 2 rings (SSSR count). The molecule has 0 spiro atoms. The van der Waals surface area contributed by atoms with Gasteiger partial charge in [0.1, 0.15) is 0 Å². The van der Waals surface area contributed by atoms with Crippen LogP contribution in [-0.2, 0) is 16.1 Å². The van der Waals surface area contributed by atoms with Gasteiger partial charge in [0.15, 0.2) is 0 Å². The van der Waals surface area contributed by atoms with Crippen LogP contribution in [0.3, 0.4) is 0 Å². The second-order valence-electron chi connectivity index (χ2n) is 5.70. The second kappa shape index (κ2) is 7.81. The van der Waals surface area contributed by atoms with E-state index < -0.39 is 0 Å². The Bertz CT molecular complexity index is 467. The van der Waals surface area contributed by atoms with E-state index in [1.807, 2.05) is 30.3 Å². The molecule has 0 bridgehead atoms. The van der Waals surface area contributed by atoms with E-state index in [2.05, 4.69) is 5.32 Å². The molecule has 1 aliphatic rings. The van der Waals surface area contributed by atoms with Crippen molar-refractivity contribution in [1.29, 1.82) is 0 Å². The Balaban J connectivity index is 1.84. The molecule has 0 aromatic heterocycles. The zero-order valence-corrected chi connectivity index (χ0v) is 12.7. The van der Waals surface area contributed by atoms with Gasteiger partial charge in [-0.15, -0.1) is 0 Å². The summed E-state index contributed by atoms with van der Waals surface area (Å²) in [5.74, 6) is -0.0867. The summed E-state index contributed by atoms with van der Waals surface area (Å²) in [6.07, 6.45) is 5.58. The number of hydrogen-bond acceptors (Lipinski definition) is 2. The Morgan fingerprint density at radius 1 is 1.14 bits per heavy atom. The molecule has 0 radical (unpaired) electrons. The predicted molar refractivity (Wildman–Crippen MR) is 82.5 cm³/mol. The Labute approximate surface area is 126 Å². The quantitative estimate of drug-likeness (QED) is 0.905. The molecule has 0 aliphatic heterocycles. The zero-order chi connectivity index (χ0) is 15.1. The normalized spacial score (nSPS) is 15.5. The van der Waals surface area contributed by atoms with Gasteiger partial charge in [-0.05, 0) is 18.4 Å². The van der Waals surface area contributed by atoms with Crippen LogP contribution in [0.5, 0.6) is 0 Å². The molecule has 21 heavy (non-hydrogen) atoms. The third-order valence-corrected chi connectivity index (χ3v) is 4.07. The van der Waals surface area contributed by atoms with Crippen LogP contribution in [0.4, 0.5) is 0 Å². The lowest BCUT2D eigenvalue weighted by Gasteiger charge is -2.33. The molecule has 1 aromatic rings. The van der Waals surface area contributed by atoms with Gasteiger partial charge in [0, 0.05) is 19.5 Å². The topological polar surface area (TPSA) is 49.4 Å². The molecule has 2 amide bonds. The van der Waals surface area contributed by atoms with Crippen LogP contribution in [-0.4, -0.2) is 29.3 Å². The molecular weight excluding hydrogens is 264 g/mol. The highest BCUT2D eigenvalue weighted by molar-refractivity contribution is 5.83. The van der Waals surface area contributed by atoms with E-state index in [0.717, 1.165) is 31.2 Å². The SMILES string of the molecule is CC(=O)N(CC(=O)NCc1ccccc1)C1CCCCC1. The molecule has 1 N–H and O–H groups in total. The largest absolute Gasteiger partial charge is 0.350 e. The molecule has 1 aromatic carbocycles. The van der Waals surface area contributed by atoms with Crippen LogP contribution in [0.1, 0.15) is 44.6 Å². The molecule has 0 atom stereocenters. The van der Waals surface area contributed by atoms with Gasteiger partial charge in [0.25, 0.3) is 0 Å². The smallest absolute Gasteiger partial charge is 0.239 e. The fourth-order valence-corrected chi connectivity index (χ4v) is 2.90. The molecule has 0 unspecified atom stereocenters. The Kier molecular flexibility index (Phi) is 5.78. The van der Waals surface area contributed by atoms with E-state index in [1.165, 1.54) is 6.42 Å². The molecule has 0 saturated heterocycles. The van der Waals surface area contributed by atoms with E-state index in [0.29, 0.717) is 6.54 Å². The van der Waals surface area contributed by atoms with E-state index in [1.54, 1.807) is 11.8 Å². The van der Waals surface area contributed by atoms with Crippen LogP contribution in [0.15, 0.2) is 30.3 Å². The first-order valence-electron chi connectivity index (χ1n) is 7.74. The third kappa shape index (κ3) is 4.88. The first-order chi connectivity index (χ1) is 10.2. The molecular formula is C17H24N2O2. The maximum absolute atomic E-state index is 12.1. The molecule has 114 valence electrons. The number of carbonyl (C=O) groups excluding carboxylic acids is 2. The van der Waals surface area contributed by atoms with E-state index >= 15 is 0 Å². The number of hydrogen-bond donors (Lipinski definition) is 1. The van der Waals surface area contributed by atoms with Gasteiger partial charge in [-0.1, -0.05) is 49.6 Å². The van der Waals surface area contributed by atoms with Crippen molar-refractivity contribution in [2.75, 3.05) is 6.54 Å². The lowest BCUT2D eigenvalue weighted by molar-refractivity contribution is -0.137. The molecule has 0 heterocycles. The summed E-state index contributed by atoms with van der Waals surface area (Å²) in [6.45, 7) is 2.24. The molecule has 1 fully saturated rings. The minimum absolute atomic E-state index is 0.00300. The van der Waals surface area contributed by atoms with Crippen molar-refractivity contribution in [3.8, 4) is 0 Å². The summed E-state index contributed by atoms with van der Waals surface area (Å²) in [4.78, 5) is 25.6. The Morgan fingerprint density at radius 2 is 1.81 bits per heavy atom. The van der Waals surface area contributed by atoms with Crippen molar-refractivity contribution in [2.45, 2.75) is 51.6 Å². The van der Waals surface area contributed by atoms with Crippen molar-refractivity contribution in [1.82, 2.24) is 10.2 Å². The molecule has 4 nitrogen and oxygen atoms in total. The highest BCUT2D eigenvalue weighted by Gasteiger charge is 2.24. The molecule has 1 saturated carbocycles. The summed E-state index contributed by atoms with van der Waals surface area (Å²) >= 11 is 0. The van der Waals surface area contributed by atoms with Crippen LogP contribution in [0.2, 0.25) is 0 Å². The highest BCUT2D eigenvalue weighted by Crippen LogP contribution is 2.22. The summed E-state index contributed by atoms with van der Waals surface area (Å²) in [5.41, 5.74) is 1.07. The van der Waals surface area contributed by atoms with Gasteiger partial charge in [-0.3, -0.25) is 9.59 Å². The lowest BCUT2D eigenvalue weighted by Crippen LogP contribution is -2.46. The maximum atomic E-state index is 12.1. The predicted octanol–water partition coefficient (Wildman–Crippen LogP) is 2.48. The van der Waals surface area contributed by atoms with Crippen LogP contribution in [0, 0.1) is 0 Å². The van der Waals surface area contributed by atoms with Gasteiger partial charge in [0.2, 0.25) is 11.8 Å². The average Bonchev–Trinajstić information content (AvgIpc) is 2.52. The van der Waals surface area contributed by atoms with Gasteiger partial charge < -0.3 is 10.2 Å². The van der Waals surface area contributed by atoms with Crippen molar-refractivity contribution >= 4 is 11.8 Å². The Hall–Kier alpha value is -1.84. The van der Waals surface area contributed by atoms with E-state index in [9.17, 15) is 9.59 Å². The zero-order valence-electron chi connectivity index (χ0n) is 12.7. The monoisotopic (exact) mass is 288 g/mol. The summed E-state index contributed by atoms with van der Waals surface area (Å²) in [5, 5.41) is 2.89. The number of amides is 2. The minimum Gasteiger partial charge on any atom is -0.350 e. The van der Waals surface area contributed by atoms with E-state index in [-0.39, 0.29) is 24.4 Å². The summed E-state index contributed by atoms with van der Waals surface area (Å²) in [7, 11) is 0. The average molecular weight is 288 g/mol. The third-order valence-electron chi connectivity index (χ3n) is 4.07. The number of nitrogens with one attached hydrogen (secondary N) is 1. The lowest BCUT2D eigenvalue weighted by atomic mass is 9.94. The van der Waals surface area contributed by atoms with Crippen molar-refractivity contribution in [2.24, 2.45) is 0 Å². The summed E-state index contributed by atoms with van der Waals surface area (Å²) < 4.78 is 0. The van der Waals surface area contributed by atoms with Gasteiger partial charge in [-0.2, -0.15) is 0 Å². The highest BCUT2D eigenvalue weighted by atomic mass is 16.2. The number of benzene rings is 1. The van der Waals surface area contributed by atoms with Crippen molar-refractivity contribution in [3.05, 3.63) is 35.9 Å². The summed E-state index contributed by atoms with van der Waals surface area (Å²) in [6, 6.07) is 10.0. The van der Waals surface area contributed by atoms with E-state index in [4.69, 9.17) is 0 Å². The first-order valence-corrected chi connectivity index (χ1v) is 7.74. The van der Waals surface area contributed by atoms with Gasteiger partial charge in [-0.25, -0.2) is 0 Å². The number of rotatable bonds is 5. The standard InChI is InChI=1S/C17H24N2O2/c1-14(20)19(16-10-6-3-7-11-16)13-17(21)18-12-15-8-4-2-5-9-15/h2,4-5,8-9,16H,3,6-7,10-13H2,1H3,(H,18,21). The Morgan fingerprint density at radius 3 is 2.43 bits per heavy atom. The van der Waals surface area contributed by atoms with Crippen molar-refractivity contribution in [3.63, 3.8) is 0 Å². The van der Waals surface area contributed by atoms with Crippen molar-refractivity contribution < 1.29 is 9.59 Å². The fourth-order valence-electron chi connectivity index (χ4n) is 2.90. The fraction of sp³-hybridized carbons (Fsp3) is 0.529. The van der Waals surface area contributed by atoms with Gasteiger partial charge in [0.05, 0.1) is 6.54 Å². The van der Waals surface area contributed by atoms with Gasteiger partial charge >= 0.3 is 0 Å². The maximum Gasteiger partial charge on any atom is 0.239 e. The van der Waals surface area contributed by atoms with Crippen LogP contribution >= 0.6 is 0 Å².